The lowest BCUT2D eigenvalue weighted by atomic mass is 10.2. The molecule has 0 aromatic heterocycles. The monoisotopic (exact) mass is 403 g/mol. The van der Waals surface area contributed by atoms with Crippen LogP contribution in [0.25, 0.3) is 0 Å². The van der Waals surface area contributed by atoms with E-state index in [4.69, 9.17) is 0 Å². The molecule has 0 aliphatic heterocycles. The largest absolute Gasteiger partial charge is 0.333 e. The standard InChI is InChI=1S/C9H15FN5O6PS2/c1-23(18,19)14-12-22(17,13-15-24(2,20)21)11-9(16)7-3-5-8(10)6-4-7/h3-6,14-15H,1-2H3,(H3,11,12,13,16,17). The molecule has 0 atom stereocenters. The fourth-order valence-corrected chi connectivity index (χ4v) is 4.12. The predicted molar refractivity (Wildman–Crippen MR) is 83.7 cm³/mol. The Morgan fingerprint density at radius 3 is 1.75 bits per heavy atom. The predicted octanol–water partition coefficient (Wildman–Crippen LogP) is -1.23. The van der Waals surface area contributed by atoms with E-state index in [9.17, 15) is 30.6 Å². The Labute approximate surface area is 138 Å². The van der Waals surface area contributed by atoms with Crippen LogP contribution in [0.5, 0.6) is 0 Å². The zero-order chi connectivity index (χ0) is 18.6. The number of hydrogen-bond acceptors (Lipinski definition) is 6. The SMILES string of the molecule is CS(=O)(=O)NNP(=O)(NNS(C)(=O)=O)NC(=O)c1ccc(F)cc1. The molecule has 0 aliphatic rings. The Morgan fingerprint density at radius 2 is 1.38 bits per heavy atom. The molecule has 0 aliphatic carbocycles. The van der Waals surface area contributed by atoms with Crippen LogP contribution in [-0.2, 0) is 24.6 Å². The van der Waals surface area contributed by atoms with Gasteiger partial charge in [-0.15, -0.1) is 9.66 Å². The molecule has 5 N–H and O–H groups in total. The summed E-state index contributed by atoms with van der Waals surface area (Å²) in [7, 11) is -12.1. The second-order valence-electron chi connectivity index (χ2n) is 4.53. The highest BCUT2D eigenvalue weighted by atomic mass is 32.2. The molecule has 0 fully saturated rings. The average molecular weight is 403 g/mol. The molecule has 0 bridgehead atoms. The van der Waals surface area contributed by atoms with Crippen molar-refractivity contribution in [3.05, 3.63) is 35.6 Å². The third-order valence-corrected chi connectivity index (χ3v) is 4.76. The van der Waals surface area contributed by atoms with Gasteiger partial charge < -0.3 is 0 Å². The maximum Gasteiger partial charge on any atom is 0.333 e. The van der Waals surface area contributed by atoms with E-state index in [0.29, 0.717) is 0 Å². The molecule has 11 nitrogen and oxygen atoms in total. The van der Waals surface area contributed by atoms with Gasteiger partial charge in [-0.3, -0.25) is 14.4 Å². The Bertz CT molecular complexity index is 817. The maximum atomic E-state index is 12.8. The third-order valence-electron chi connectivity index (χ3n) is 2.14. The van der Waals surface area contributed by atoms with Crippen molar-refractivity contribution < 1.29 is 30.6 Å². The minimum Gasteiger partial charge on any atom is -0.277 e. The minimum absolute atomic E-state index is 0.0982. The van der Waals surface area contributed by atoms with Crippen LogP contribution in [0.4, 0.5) is 4.39 Å². The summed E-state index contributed by atoms with van der Waals surface area (Å²) in [6, 6.07) is 4.13. The van der Waals surface area contributed by atoms with Gasteiger partial charge in [0.2, 0.25) is 20.0 Å². The molecular weight excluding hydrogens is 388 g/mol. The van der Waals surface area contributed by atoms with Gasteiger partial charge in [-0.2, -0.15) is 10.4 Å². The summed E-state index contributed by atoms with van der Waals surface area (Å²) >= 11 is 0. The number of carbonyl (C=O) groups excluding carboxylic acids is 1. The number of sulfonamides is 2. The molecule has 0 saturated heterocycles. The van der Waals surface area contributed by atoms with Crippen LogP contribution in [0.1, 0.15) is 10.4 Å². The van der Waals surface area contributed by atoms with Crippen molar-refractivity contribution in [2.24, 2.45) is 0 Å². The first-order valence-electron chi connectivity index (χ1n) is 5.96. The molecule has 1 amide bonds. The molecule has 0 spiro atoms. The van der Waals surface area contributed by atoms with Crippen LogP contribution in [-0.4, -0.2) is 35.3 Å². The highest BCUT2D eigenvalue weighted by Crippen LogP contribution is 2.28. The van der Waals surface area contributed by atoms with E-state index in [2.05, 4.69) is 0 Å². The van der Waals surface area contributed by atoms with E-state index in [0.717, 1.165) is 36.8 Å². The summed E-state index contributed by atoms with van der Waals surface area (Å²) in [5, 5.41) is 5.48. The van der Waals surface area contributed by atoms with Crippen LogP contribution < -0.4 is 25.1 Å². The van der Waals surface area contributed by atoms with Crippen molar-refractivity contribution >= 4 is 33.5 Å². The third kappa shape index (κ3) is 7.92. The van der Waals surface area contributed by atoms with Gasteiger partial charge in [0.05, 0.1) is 12.5 Å². The van der Waals surface area contributed by atoms with Crippen molar-refractivity contribution in [3.8, 4) is 0 Å². The molecule has 136 valence electrons. The number of carbonyl (C=O) groups is 1. The van der Waals surface area contributed by atoms with Crippen LogP contribution in [0.2, 0.25) is 0 Å². The minimum atomic E-state index is -4.32. The first kappa shape index (κ1) is 20.6. The van der Waals surface area contributed by atoms with Gasteiger partial charge in [0.15, 0.2) is 0 Å². The number of hydrazine groups is 2. The van der Waals surface area contributed by atoms with E-state index in [-0.39, 0.29) is 5.56 Å². The Morgan fingerprint density at radius 1 is 0.958 bits per heavy atom. The lowest BCUT2D eigenvalue weighted by Crippen LogP contribution is -2.48. The van der Waals surface area contributed by atoms with Crippen LogP contribution in [0.3, 0.4) is 0 Å². The molecule has 1 aromatic rings. The van der Waals surface area contributed by atoms with E-state index >= 15 is 0 Å². The van der Waals surface area contributed by atoms with Gasteiger partial charge in [0.1, 0.15) is 5.82 Å². The molecule has 0 heterocycles. The van der Waals surface area contributed by atoms with E-state index in [1.54, 1.807) is 20.1 Å². The van der Waals surface area contributed by atoms with Crippen molar-refractivity contribution in [1.29, 1.82) is 0 Å². The molecule has 1 rings (SSSR count). The number of amides is 1. The highest BCUT2D eigenvalue weighted by Gasteiger charge is 2.27. The molecule has 0 unspecified atom stereocenters. The fourth-order valence-electron chi connectivity index (χ4n) is 1.19. The van der Waals surface area contributed by atoms with Crippen molar-refractivity contribution in [1.82, 2.24) is 25.1 Å². The number of halogens is 1. The second kappa shape index (κ2) is 7.65. The van der Waals surface area contributed by atoms with Crippen molar-refractivity contribution in [2.75, 3.05) is 12.5 Å². The van der Waals surface area contributed by atoms with Gasteiger partial charge in [-0.25, -0.2) is 21.2 Å². The van der Waals surface area contributed by atoms with E-state index in [1.807, 2.05) is 5.09 Å². The quantitative estimate of drug-likeness (QED) is 0.266. The summed E-state index contributed by atoms with van der Waals surface area (Å²) in [6.07, 6.45) is 1.46. The Kier molecular flexibility index (Phi) is 6.58. The summed E-state index contributed by atoms with van der Waals surface area (Å²) in [5.41, 5.74) is -0.0982. The van der Waals surface area contributed by atoms with Gasteiger partial charge >= 0.3 is 7.59 Å². The van der Waals surface area contributed by atoms with Gasteiger partial charge in [-0.05, 0) is 24.3 Å². The van der Waals surface area contributed by atoms with Crippen molar-refractivity contribution in [2.45, 2.75) is 0 Å². The first-order valence-corrected chi connectivity index (χ1v) is 11.4. The number of benzene rings is 1. The normalized spacial score (nSPS) is 12.8. The first-order chi connectivity index (χ1) is 10.8. The maximum absolute atomic E-state index is 12.8. The Balaban J connectivity index is 2.96. The molecule has 24 heavy (non-hydrogen) atoms. The molecule has 15 heteroatoms. The van der Waals surface area contributed by atoms with E-state index in [1.165, 1.54) is 0 Å². The summed E-state index contributed by atoms with van der Waals surface area (Å²) in [5.74, 6) is -1.59. The fraction of sp³-hybridized carbons (Fsp3) is 0.222. The summed E-state index contributed by atoms with van der Waals surface area (Å²) in [6.45, 7) is 0. The molecular formula is C9H15FN5O6PS2. The lowest BCUT2D eigenvalue weighted by Gasteiger charge is -2.21. The topological polar surface area (TPSA) is 163 Å². The zero-order valence-electron chi connectivity index (χ0n) is 12.4. The summed E-state index contributed by atoms with van der Waals surface area (Å²) < 4.78 is 69.5. The van der Waals surface area contributed by atoms with Gasteiger partial charge in [0, 0.05) is 5.56 Å². The number of hydrogen-bond donors (Lipinski definition) is 5. The van der Waals surface area contributed by atoms with Crippen molar-refractivity contribution in [3.63, 3.8) is 0 Å². The van der Waals surface area contributed by atoms with Gasteiger partial charge in [-0.1, -0.05) is 0 Å². The highest BCUT2D eigenvalue weighted by molar-refractivity contribution is 7.89. The average Bonchev–Trinajstić information content (AvgIpc) is 2.43. The molecule has 0 saturated carbocycles. The molecule has 1 aromatic carbocycles. The Hall–Kier alpha value is -1.41. The zero-order valence-corrected chi connectivity index (χ0v) is 14.9. The van der Waals surface area contributed by atoms with Gasteiger partial charge in [0.25, 0.3) is 5.91 Å². The second-order valence-corrected chi connectivity index (χ2v) is 9.92. The molecule has 0 radical (unpaired) electrons. The van der Waals surface area contributed by atoms with Crippen LogP contribution >= 0.6 is 7.59 Å². The smallest absolute Gasteiger partial charge is 0.277 e. The van der Waals surface area contributed by atoms with Crippen LogP contribution in [0.15, 0.2) is 24.3 Å². The lowest BCUT2D eigenvalue weighted by molar-refractivity contribution is 0.0979. The van der Waals surface area contributed by atoms with E-state index < -0.39 is 39.4 Å². The van der Waals surface area contributed by atoms with Crippen LogP contribution in [0, 0.1) is 5.82 Å². The summed E-state index contributed by atoms with van der Waals surface area (Å²) in [4.78, 5) is 15.3. The number of rotatable bonds is 8. The number of nitrogens with one attached hydrogen (secondary N) is 5.